The minimum absolute atomic E-state index is 0.0191. The van der Waals surface area contributed by atoms with Crippen molar-refractivity contribution >= 4 is 11.8 Å². The first-order valence-electron chi connectivity index (χ1n) is 6.90. The summed E-state index contributed by atoms with van der Waals surface area (Å²) in [6.45, 7) is 5.78. The molecule has 0 radical (unpaired) electrons. The molecule has 0 bridgehead atoms. The number of hydrogen-bond donors (Lipinski definition) is 2. The van der Waals surface area contributed by atoms with Crippen LogP contribution in [-0.4, -0.2) is 24.6 Å². The van der Waals surface area contributed by atoms with E-state index >= 15 is 0 Å². The summed E-state index contributed by atoms with van der Waals surface area (Å²) in [6.07, 6.45) is 0. The van der Waals surface area contributed by atoms with E-state index < -0.39 is 6.04 Å². The highest BCUT2D eigenvalue weighted by atomic mass is 16.7. The second-order valence-electron chi connectivity index (χ2n) is 5.33. The van der Waals surface area contributed by atoms with Crippen molar-refractivity contribution in [1.29, 1.82) is 0 Å². The van der Waals surface area contributed by atoms with Crippen LogP contribution in [-0.2, 0) is 16.1 Å². The Labute approximate surface area is 123 Å². The number of benzene rings is 1. The third-order valence-electron chi connectivity index (χ3n) is 3.21. The van der Waals surface area contributed by atoms with E-state index in [0.29, 0.717) is 18.0 Å². The molecule has 114 valence electrons. The molecule has 6 heteroatoms. The maximum Gasteiger partial charge on any atom is 0.243 e. The lowest BCUT2D eigenvalue weighted by molar-refractivity contribution is -0.129. The lowest BCUT2D eigenvalue weighted by Gasteiger charge is -2.21. The molecule has 2 amide bonds. The Morgan fingerprint density at radius 1 is 1.24 bits per heavy atom. The number of carbonyl (C=O) groups excluding carboxylic acids is 2. The Morgan fingerprint density at radius 3 is 2.62 bits per heavy atom. The van der Waals surface area contributed by atoms with Crippen LogP contribution in [0.4, 0.5) is 0 Å². The largest absolute Gasteiger partial charge is 0.454 e. The molecule has 1 unspecified atom stereocenters. The topological polar surface area (TPSA) is 76.7 Å². The second-order valence-corrected chi connectivity index (χ2v) is 5.33. The van der Waals surface area contributed by atoms with Crippen molar-refractivity contribution in [3.05, 3.63) is 23.8 Å². The van der Waals surface area contributed by atoms with Gasteiger partial charge in [-0.2, -0.15) is 0 Å². The molecule has 2 rings (SSSR count). The van der Waals surface area contributed by atoms with Crippen LogP contribution in [0.3, 0.4) is 0 Å². The highest BCUT2D eigenvalue weighted by Crippen LogP contribution is 2.32. The molecule has 1 aromatic rings. The highest BCUT2D eigenvalue weighted by molar-refractivity contribution is 5.87. The third-order valence-corrected chi connectivity index (χ3v) is 3.21. The quantitative estimate of drug-likeness (QED) is 0.854. The van der Waals surface area contributed by atoms with E-state index in [0.717, 1.165) is 5.56 Å². The lowest BCUT2D eigenvalue weighted by atomic mass is 10.0. The summed E-state index contributed by atoms with van der Waals surface area (Å²) in [7, 11) is 0. The van der Waals surface area contributed by atoms with Gasteiger partial charge in [0.25, 0.3) is 0 Å². The summed E-state index contributed by atoms with van der Waals surface area (Å²) >= 11 is 0. The standard InChI is InChI=1S/C15H20N2O4/c1-9(2)14(17-10(3)18)15(19)16-7-11-4-5-12-13(6-11)21-8-20-12/h4-6,9,14H,7-8H2,1-3H3,(H,16,19)(H,17,18). The van der Waals surface area contributed by atoms with Crippen LogP contribution < -0.4 is 20.1 Å². The molecule has 1 aliphatic rings. The van der Waals surface area contributed by atoms with Gasteiger partial charge in [0.15, 0.2) is 11.5 Å². The van der Waals surface area contributed by atoms with Crippen LogP contribution in [0.25, 0.3) is 0 Å². The van der Waals surface area contributed by atoms with Gasteiger partial charge in [0, 0.05) is 13.5 Å². The molecule has 1 aromatic carbocycles. The molecule has 0 saturated heterocycles. The van der Waals surface area contributed by atoms with E-state index in [1.807, 2.05) is 32.0 Å². The van der Waals surface area contributed by atoms with Gasteiger partial charge in [-0.3, -0.25) is 9.59 Å². The molecular weight excluding hydrogens is 272 g/mol. The van der Waals surface area contributed by atoms with Crippen LogP contribution in [0.5, 0.6) is 11.5 Å². The van der Waals surface area contributed by atoms with Crippen LogP contribution in [0.2, 0.25) is 0 Å². The van der Waals surface area contributed by atoms with Crippen molar-refractivity contribution in [1.82, 2.24) is 10.6 Å². The minimum Gasteiger partial charge on any atom is -0.454 e. The summed E-state index contributed by atoms with van der Waals surface area (Å²) in [5.41, 5.74) is 0.915. The summed E-state index contributed by atoms with van der Waals surface area (Å²) in [5.74, 6) is 1.00. The zero-order valence-corrected chi connectivity index (χ0v) is 12.4. The number of amides is 2. The molecule has 0 spiro atoms. The number of nitrogens with one attached hydrogen (secondary N) is 2. The predicted molar refractivity (Wildman–Crippen MR) is 76.9 cm³/mol. The van der Waals surface area contributed by atoms with E-state index in [2.05, 4.69) is 10.6 Å². The fourth-order valence-electron chi connectivity index (χ4n) is 2.10. The first-order chi connectivity index (χ1) is 9.97. The smallest absolute Gasteiger partial charge is 0.243 e. The molecule has 1 atom stereocenters. The maximum atomic E-state index is 12.1. The van der Waals surface area contributed by atoms with Gasteiger partial charge in [0.1, 0.15) is 6.04 Å². The van der Waals surface area contributed by atoms with E-state index in [-0.39, 0.29) is 24.5 Å². The number of rotatable bonds is 5. The van der Waals surface area contributed by atoms with E-state index in [1.165, 1.54) is 6.92 Å². The second kappa shape index (κ2) is 6.47. The van der Waals surface area contributed by atoms with E-state index in [1.54, 1.807) is 0 Å². The molecule has 0 aliphatic carbocycles. The zero-order chi connectivity index (χ0) is 15.4. The van der Waals surface area contributed by atoms with Gasteiger partial charge >= 0.3 is 0 Å². The summed E-state index contributed by atoms with van der Waals surface area (Å²) in [4.78, 5) is 23.3. The average molecular weight is 292 g/mol. The Hall–Kier alpha value is -2.24. The van der Waals surface area contributed by atoms with Crippen molar-refractivity contribution in [2.75, 3.05) is 6.79 Å². The number of ether oxygens (including phenoxy) is 2. The average Bonchev–Trinajstić information content (AvgIpc) is 2.89. The van der Waals surface area contributed by atoms with Crippen molar-refractivity contribution < 1.29 is 19.1 Å². The van der Waals surface area contributed by atoms with Gasteiger partial charge in [-0.05, 0) is 23.6 Å². The normalized spacial score (nSPS) is 13.9. The molecule has 21 heavy (non-hydrogen) atoms. The summed E-state index contributed by atoms with van der Waals surface area (Å²) in [6, 6.07) is 5.00. The molecular formula is C15H20N2O4. The van der Waals surface area contributed by atoms with Crippen LogP contribution in [0.15, 0.2) is 18.2 Å². The molecule has 1 heterocycles. The number of carbonyl (C=O) groups is 2. The van der Waals surface area contributed by atoms with Crippen molar-refractivity contribution in [2.24, 2.45) is 5.92 Å². The first kappa shape index (κ1) is 15.2. The number of fused-ring (bicyclic) bond motifs is 1. The minimum atomic E-state index is -0.531. The van der Waals surface area contributed by atoms with Crippen molar-refractivity contribution in [2.45, 2.75) is 33.4 Å². The SMILES string of the molecule is CC(=O)NC(C(=O)NCc1ccc2c(c1)OCO2)C(C)C. The fraction of sp³-hybridized carbons (Fsp3) is 0.467. The third kappa shape index (κ3) is 3.87. The van der Waals surface area contributed by atoms with Gasteiger partial charge in [0.05, 0.1) is 0 Å². The monoisotopic (exact) mass is 292 g/mol. The van der Waals surface area contributed by atoms with Gasteiger partial charge in [0.2, 0.25) is 18.6 Å². The zero-order valence-electron chi connectivity index (χ0n) is 12.4. The molecule has 0 saturated carbocycles. The summed E-state index contributed by atoms with van der Waals surface area (Å²) < 4.78 is 10.5. The van der Waals surface area contributed by atoms with E-state index in [9.17, 15) is 9.59 Å². The van der Waals surface area contributed by atoms with Gasteiger partial charge in [-0.25, -0.2) is 0 Å². The lowest BCUT2D eigenvalue weighted by Crippen LogP contribution is -2.48. The van der Waals surface area contributed by atoms with Gasteiger partial charge in [-0.1, -0.05) is 19.9 Å². The van der Waals surface area contributed by atoms with Crippen LogP contribution >= 0.6 is 0 Å². The Balaban J connectivity index is 1.95. The Morgan fingerprint density at radius 2 is 1.95 bits per heavy atom. The molecule has 2 N–H and O–H groups in total. The molecule has 0 aromatic heterocycles. The summed E-state index contributed by atoms with van der Waals surface area (Å²) in [5, 5.41) is 5.49. The molecule has 6 nitrogen and oxygen atoms in total. The van der Waals surface area contributed by atoms with Crippen molar-refractivity contribution in [3.8, 4) is 11.5 Å². The van der Waals surface area contributed by atoms with E-state index in [4.69, 9.17) is 9.47 Å². The van der Waals surface area contributed by atoms with Gasteiger partial charge in [-0.15, -0.1) is 0 Å². The van der Waals surface area contributed by atoms with Crippen LogP contribution in [0.1, 0.15) is 26.3 Å². The maximum absolute atomic E-state index is 12.1. The first-order valence-corrected chi connectivity index (χ1v) is 6.90. The predicted octanol–water partition coefficient (Wildman–Crippen LogP) is 1.19. The fourth-order valence-corrected chi connectivity index (χ4v) is 2.10. The van der Waals surface area contributed by atoms with Crippen molar-refractivity contribution in [3.63, 3.8) is 0 Å². The number of hydrogen-bond acceptors (Lipinski definition) is 4. The highest BCUT2D eigenvalue weighted by Gasteiger charge is 2.22. The molecule has 0 fully saturated rings. The molecule has 1 aliphatic heterocycles. The Kier molecular flexibility index (Phi) is 4.67. The van der Waals surface area contributed by atoms with Crippen LogP contribution in [0, 0.1) is 5.92 Å². The Bertz CT molecular complexity index is 542. The van der Waals surface area contributed by atoms with Gasteiger partial charge < -0.3 is 20.1 Å².